The van der Waals surface area contributed by atoms with E-state index in [1.807, 2.05) is 0 Å². The molecule has 0 amide bonds. The largest absolute Gasteiger partial charge is 0.573 e. The van der Waals surface area contributed by atoms with E-state index in [4.69, 9.17) is 0 Å². The molecule has 0 saturated heterocycles. The van der Waals surface area contributed by atoms with E-state index in [0.29, 0.717) is 12.2 Å². The molecule has 1 heterocycles. The van der Waals surface area contributed by atoms with Crippen molar-refractivity contribution < 1.29 is 17.9 Å². The molecule has 1 aromatic heterocycles. The standard InChI is InChI=1S/C13H11F3N2O2/c1-2-11-17-9(7-12(19)18-11)8-5-3-4-6-10(8)20-13(14,15)16/h3-7H,2H2,1H3,(H,17,18,19). The van der Waals surface area contributed by atoms with Crippen LogP contribution in [0, 0.1) is 0 Å². The molecule has 106 valence electrons. The van der Waals surface area contributed by atoms with Crippen LogP contribution >= 0.6 is 0 Å². The zero-order chi connectivity index (χ0) is 14.8. The maximum atomic E-state index is 12.4. The Bertz CT molecular complexity index is 665. The normalized spacial score (nSPS) is 11.4. The minimum absolute atomic E-state index is 0.116. The third-order valence-electron chi connectivity index (χ3n) is 2.51. The van der Waals surface area contributed by atoms with E-state index < -0.39 is 11.9 Å². The number of alkyl halides is 3. The molecule has 2 rings (SSSR count). The molecule has 7 heteroatoms. The highest BCUT2D eigenvalue weighted by Crippen LogP contribution is 2.32. The highest BCUT2D eigenvalue weighted by Gasteiger charge is 2.32. The first kappa shape index (κ1) is 14.1. The number of rotatable bonds is 3. The summed E-state index contributed by atoms with van der Waals surface area (Å²) in [6, 6.07) is 6.70. The molecule has 0 fully saturated rings. The SMILES string of the molecule is CCc1nc(-c2ccccc2OC(F)(F)F)cc(=O)[nH]1. The van der Waals surface area contributed by atoms with Crippen molar-refractivity contribution in [2.24, 2.45) is 0 Å². The fourth-order valence-corrected chi connectivity index (χ4v) is 1.71. The van der Waals surface area contributed by atoms with Crippen LogP contribution in [0.5, 0.6) is 5.75 Å². The zero-order valence-electron chi connectivity index (χ0n) is 10.5. The third-order valence-corrected chi connectivity index (χ3v) is 2.51. The second-order valence-electron chi connectivity index (χ2n) is 3.97. The highest BCUT2D eigenvalue weighted by molar-refractivity contribution is 5.66. The Hall–Kier alpha value is -2.31. The lowest BCUT2D eigenvalue weighted by molar-refractivity contribution is -0.274. The molecular formula is C13H11F3N2O2. The van der Waals surface area contributed by atoms with Crippen molar-refractivity contribution in [3.8, 4) is 17.0 Å². The predicted octanol–water partition coefficient (Wildman–Crippen LogP) is 2.90. The quantitative estimate of drug-likeness (QED) is 0.942. The number of benzene rings is 1. The van der Waals surface area contributed by atoms with E-state index in [-0.39, 0.29) is 17.0 Å². The Morgan fingerprint density at radius 3 is 2.65 bits per heavy atom. The summed E-state index contributed by atoms with van der Waals surface area (Å²) in [5.74, 6) is 0.00876. The molecule has 0 bridgehead atoms. The van der Waals surface area contributed by atoms with Gasteiger partial charge in [-0.3, -0.25) is 4.79 Å². The fraction of sp³-hybridized carbons (Fsp3) is 0.231. The van der Waals surface area contributed by atoms with Gasteiger partial charge < -0.3 is 9.72 Å². The zero-order valence-corrected chi connectivity index (χ0v) is 10.5. The molecule has 20 heavy (non-hydrogen) atoms. The first-order chi connectivity index (χ1) is 9.39. The van der Waals surface area contributed by atoms with Crippen molar-refractivity contribution >= 4 is 0 Å². The van der Waals surface area contributed by atoms with Crippen molar-refractivity contribution in [1.29, 1.82) is 0 Å². The summed E-state index contributed by atoms with van der Waals surface area (Å²) in [6.07, 6.45) is -4.34. The van der Waals surface area contributed by atoms with E-state index in [2.05, 4.69) is 14.7 Å². The van der Waals surface area contributed by atoms with E-state index in [0.717, 1.165) is 6.07 Å². The lowest BCUT2D eigenvalue weighted by atomic mass is 10.1. The van der Waals surface area contributed by atoms with Gasteiger partial charge in [0.05, 0.1) is 5.69 Å². The molecule has 0 atom stereocenters. The van der Waals surface area contributed by atoms with Gasteiger partial charge in [-0.25, -0.2) is 4.98 Å². The van der Waals surface area contributed by atoms with Crippen LogP contribution < -0.4 is 10.3 Å². The number of ether oxygens (including phenoxy) is 1. The number of hydrogen-bond acceptors (Lipinski definition) is 3. The highest BCUT2D eigenvalue weighted by atomic mass is 19.4. The third kappa shape index (κ3) is 3.37. The van der Waals surface area contributed by atoms with Crippen LogP contribution in [0.25, 0.3) is 11.3 Å². The van der Waals surface area contributed by atoms with Crippen LogP contribution in [0.2, 0.25) is 0 Å². The summed E-state index contributed by atoms with van der Waals surface area (Å²) in [5.41, 5.74) is -0.162. The van der Waals surface area contributed by atoms with Crippen LogP contribution in [0.3, 0.4) is 0 Å². The lowest BCUT2D eigenvalue weighted by Gasteiger charge is -2.12. The number of halogens is 3. The van der Waals surface area contributed by atoms with Crippen LogP contribution in [-0.4, -0.2) is 16.3 Å². The van der Waals surface area contributed by atoms with Gasteiger partial charge in [0.2, 0.25) is 0 Å². The monoisotopic (exact) mass is 284 g/mol. The number of H-pyrrole nitrogens is 1. The Morgan fingerprint density at radius 2 is 2.00 bits per heavy atom. The fourth-order valence-electron chi connectivity index (χ4n) is 1.71. The number of aryl methyl sites for hydroxylation is 1. The van der Waals surface area contributed by atoms with Crippen molar-refractivity contribution in [3.05, 3.63) is 46.5 Å². The molecular weight excluding hydrogens is 273 g/mol. The maximum Gasteiger partial charge on any atom is 0.573 e. The summed E-state index contributed by atoms with van der Waals surface area (Å²) in [7, 11) is 0. The first-order valence-corrected chi connectivity index (χ1v) is 5.84. The average Bonchev–Trinajstić information content (AvgIpc) is 2.36. The van der Waals surface area contributed by atoms with E-state index in [9.17, 15) is 18.0 Å². The number of nitrogens with zero attached hydrogens (tertiary/aromatic N) is 1. The summed E-state index contributed by atoms with van der Waals surface area (Å²) in [4.78, 5) is 18.1. The topological polar surface area (TPSA) is 55.0 Å². The van der Waals surface area contributed by atoms with Gasteiger partial charge in [-0.2, -0.15) is 0 Å². The molecule has 0 aliphatic carbocycles. The van der Waals surface area contributed by atoms with Gasteiger partial charge in [0.15, 0.2) is 0 Å². The number of hydrogen-bond donors (Lipinski definition) is 1. The molecule has 0 radical (unpaired) electrons. The van der Waals surface area contributed by atoms with Crippen molar-refractivity contribution in [2.75, 3.05) is 0 Å². The predicted molar refractivity (Wildman–Crippen MR) is 66.4 cm³/mol. The number of para-hydroxylation sites is 1. The summed E-state index contributed by atoms with van der Waals surface area (Å²) in [5, 5.41) is 0. The minimum atomic E-state index is -4.80. The van der Waals surface area contributed by atoms with Crippen molar-refractivity contribution in [3.63, 3.8) is 0 Å². The van der Waals surface area contributed by atoms with Gasteiger partial charge in [0.1, 0.15) is 11.6 Å². The first-order valence-electron chi connectivity index (χ1n) is 5.84. The van der Waals surface area contributed by atoms with E-state index in [1.165, 1.54) is 18.2 Å². The Kier molecular flexibility index (Phi) is 3.78. The molecule has 0 saturated carbocycles. The van der Waals surface area contributed by atoms with Gasteiger partial charge in [-0.05, 0) is 12.1 Å². The Balaban J connectivity index is 2.53. The number of nitrogens with one attached hydrogen (secondary N) is 1. The maximum absolute atomic E-state index is 12.4. The van der Waals surface area contributed by atoms with Gasteiger partial charge >= 0.3 is 6.36 Å². The second kappa shape index (κ2) is 5.36. The van der Waals surface area contributed by atoms with Crippen LogP contribution in [0.1, 0.15) is 12.7 Å². The molecule has 0 aliphatic rings. The summed E-state index contributed by atoms with van der Waals surface area (Å²) >= 11 is 0. The Labute approximate surface area is 112 Å². The molecule has 1 aromatic carbocycles. The van der Waals surface area contributed by atoms with Crippen LogP contribution in [0.4, 0.5) is 13.2 Å². The van der Waals surface area contributed by atoms with Crippen molar-refractivity contribution in [1.82, 2.24) is 9.97 Å². The van der Waals surface area contributed by atoms with E-state index >= 15 is 0 Å². The Morgan fingerprint density at radius 1 is 1.30 bits per heavy atom. The lowest BCUT2D eigenvalue weighted by Crippen LogP contribution is -2.18. The smallest absolute Gasteiger partial charge is 0.405 e. The van der Waals surface area contributed by atoms with Crippen LogP contribution in [-0.2, 0) is 6.42 Å². The average molecular weight is 284 g/mol. The van der Waals surface area contributed by atoms with Gasteiger partial charge in [0, 0.05) is 18.1 Å². The molecule has 2 aromatic rings. The minimum Gasteiger partial charge on any atom is -0.405 e. The van der Waals surface area contributed by atoms with Gasteiger partial charge in [0.25, 0.3) is 5.56 Å². The molecule has 0 unspecified atom stereocenters. The summed E-state index contributed by atoms with van der Waals surface area (Å²) < 4.78 is 41.0. The number of aromatic nitrogens is 2. The van der Waals surface area contributed by atoms with Crippen LogP contribution in [0.15, 0.2) is 35.1 Å². The van der Waals surface area contributed by atoms with Gasteiger partial charge in [-0.15, -0.1) is 13.2 Å². The molecule has 1 N–H and O–H groups in total. The van der Waals surface area contributed by atoms with Gasteiger partial charge in [-0.1, -0.05) is 19.1 Å². The number of aromatic amines is 1. The summed E-state index contributed by atoms with van der Waals surface area (Å²) in [6.45, 7) is 1.78. The molecule has 0 aliphatic heterocycles. The molecule has 0 spiro atoms. The van der Waals surface area contributed by atoms with Crippen molar-refractivity contribution in [2.45, 2.75) is 19.7 Å². The second-order valence-corrected chi connectivity index (χ2v) is 3.97. The van der Waals surface area contributed by atoms with E-state index in [1.54, 1.807) is 13.0 Å². The molecule has 4 nitrogen and oxygen atoms in total.